The van der Waals surface area contributed by atoms with Crippen LogP contribution < -0.4 is 4.87 Å². The Kier molecular flexibility index (Phi) is 5.24. The van der Waals surface area contributed by atoms with Crippen LogP contribution in [0.2, 0.25) is 0 Å². The maximum Gasteiger partial charge on any atom is 0.417 e. The van der Waals surface area contributed by atoms with E-state index in [1.54, 1.807) is 13.0 Å². The Labute approximate surface area is 165 Å². The number of thiol groups is 1. The van der Waals surface area contributed by atoms with E-state index < -0.39 is 28.2 Å². The highest BCUT2D eigenvalue weighted by Gasteiger charge is 2.33. The van der Waals surface area contributed by atoms with Crippen molar-refractivity contribution in [3.8, 4) is 16.9 Å². The molecule has 0 fully saturated rings. The Morgan fingerprint density at radius 3 is 2.50 bits per heavy atom. The number of methoxy groups -OCH3 is 1. The van der Waals surface area contributed by atoms with E-state index in [9.17, 15) is 27.2 Å². The fourth-order valence-corrected chi connectivity index (χ4v) is 3.49. The van der Waals surface area contributed by atoms with Crippen LogP contribution in [0.1, 0.15) is 12.5 Å². The van der Waals surface area contributed by atoms with Gasteiger partial charge in [-0.15, -0.1) is 0 Å². The number of ether oxygens (including phenoxy) is 1. The summed E-state index contributed by atoms with van der Waals surface area (Å²) in [5, 5.41) is -0.301. The van der Waals surface area contributed by atoms with Crippen LogP contribution in [0.3, 0.4) is 0 Å². The quantitative estimate of drug-likeness (QED) is 0.295. The summed E-state index contributed by atoms with van der Waals surface area (Å²) in [5.74, 6) is -1.88. The summed E-state index contributed by atoms with van der Waals surface area (Å²) in [6.07, 6.45) is -4.15. The van der Waals surface area contributed by atoms with Gasteiger partial charge >= 0.3 is 17.0 Å². The first-order valence-electron chi connectivity index (χ1n) is 7.73. The number of fused-ring (bicyclic) bond motifs is 3. The molecule has 2 aliphatic rings. The van der Waals surface area contributed by atoms with Crippen molar-refractivity contribution in [3.05, 3.63) is 45.4 Å². The van der Waals surface area contributed by atoms with Gasteiger partial charge in [-0.05, 0) is 30.7 Å². The van der Waals surface area contributed by atoms with E-state index in [0.717, 1.165) is 27.0 Å². The third kappa shape index (κ3) is 3.76. The van der Waals surface area contributed by atoms with Gasteiger partial charge in [-0.25, -0.2) is 13.9 Å². The van der Waals surface area contributed by atoms with Crippen molar-refractivity contribution in [3.63, 3.8) is 0 Å². The number of thiazole rings is 1. The topological polar surface area (TPSA) is 61.2 Å². The number of pyridine rings is 1. The van der Waals surface area contributed by atoms with E-state index in [4.69, 9.17) is 0 Å². The highest BCUT2D eigenvalue weighted by molar-refractivity contribution is 7.81. The molecule has 5 nitrogen and oxygen atoms in total. The van der Waals surface area contributed by atoms with Crippen molar-refractivity contribution >= 4 is 40.2 Å². The predicted molar refractivity (Wildman–Crippen MR) is 99.6 cm³/mol. The third-order valence-electron chi connectivity index (χ3n) is 3.81. The molecule has 1 atom stereocenters. The molecule has 4 rings (SSSR count). The fraction of sp³-hybridized carbons (Fsp3) is 0.235. The van der Waals surface area contributed by atoms with Gasteiger partial charge in [0.2, 0.25) is 0 Å². The van der Waals surface area contributed by atoms with Gasteiger partial charge in [-0.3, -0.25) is 9.59 Å². The van der Waals surface area contributed by atoms with Crippen molar-refractivity contribution in [2.45, 2.75) is 18.3 Å². The van der Waals surface area contributed by atoms with E-state index in [1.807, 2.05) is 6.07 Å². The van der Waals surface area contributed by atoms with Crippen LogP contribution in [0.25, 0.3) is 27.2 Å². The van der Waals surface area contributed by atoms with Gasteiger partial charge in [0.1, 0.15) is 0 Å². The van der Waals surface area contributed by atoms with Gasteiger partial charge in [0.25, 0.3) is 0 Å². The molecular weight excluding hydrogens is 420 g/mol. The van der Waals surface area contributed by atoms with E-state index in [1.165, 1.54) is 7.11 Å². The van der Waals surface area contributed by atoms with Gasteiger partial charge in [-0.1, -0.05) is 11.3 Å². The highest BCUT2D eigenvalue weighted by atomic mass is 32.1. The molecule has 28 heavy (non-hydrogen) atoms. The van der Waals surface area contributed by atoms with Crippen molar-refractivity contribution in [2.24, 2.45) is 0 Å². The molecule has 1 unspecified atom stereocenters. The lowest BCUT2D eigenvalue weighted by atomic mass is 10.2. The number of rotatable bonds is 2. The Morgan fingerprint density at radius 1 is 1.32 bits per heavy atom. The standard InChI is InChI=1S/C13H4F4N2OS.C4H8O2S/c14-8-3-6(13(15,16)17)4-18-11(8)19-10-7-1-5(7)2-9(10)21-12(19)20;1-3(7)4(5)6-2/h1-4H;3,7H,1-2H3. The lowest BCUT2D eigenvalue weighted by Gasteiger charge is -2.08. The van der Waals surface area contributed by atoms with Crippen molar-refractivity contribution in [1.29, 1.82) is 0 Å². The van der Waals surface area contributed by atoms with Crippen molar-refractivity contribution in [1.82, 2.24) is 9.55 Å². The maximum absolute atomic E-state index is 14.0. The van der Waals surface area contributed by atoms with Crippen LogP contribution in [0.15, 0.2) is 29.2 Å². The first kappa shape index (κ1) is 20.3. The lowest BCUT2D eigenvalue weighted by Crippen LogP contribution is -2.15. The highest BCUT2D eigenvalue weighted by Crippen LogP contribution is 2.44. The van der Waals surface area contributed by atoms with Crippen molar-refractivity contribution in [2.75, 3.05) is 7.11 Å². The second kappa shape index (κ2) is 7.21. The molecule has 0 amide bonds. The normalized spacial score (nSPS) is 13.0. The molecule has 0 spiro atoms. The number of carbonyl (C=O) groups excluding carboxylic acids is 1. The first-order valence-corrected chi connectivity index (χ1v) is 9.07. The Bertz CT molecular complexity index is 1140. The monoisotopic (exact) mass is 432 g/mol. The van der Waals surface area contributed by atoms with Crippen LogP contribution in [-0.2, 0) is 15.7 Å². The molecule has 2 heterocycles. The number of esters is 1. The minimum absolute atomic E-state index is 0.289. The second-order valence-electron chi connectivity index (χ2n) is 5.80. The summed E-state index contributed by atoms with van der Waals surface area (Å²) in [6.45, 7) is 1.66. The van der Waals surface area contributed by atoms with Crippen molar-refractivity contribution < 1.29 is 27.1 Å². The van der Waals surface area contributed by atoms with E-state index in [2.05, 4.69) is 22.3 Å². The molecular formula is C17H12F4N2O3S2. The number of nitrogens with zero attached hydrogens (tertiary/aromatic N) is 2. The summed E-state index contributed by atoms with van der Waals surface area (Å²) in [5.41, 5.74) is 1.08. The molecule has 11 heteroatoms. The molecule has 2 aromatic heterocycles. The smallest absolute Gasteiger partial charge is 0.417 e. The summed E-state index contributed by atoms with van der Waals surface area (Å²) in [7, 11) is 1.34. The summed E-state index contributed by atoms with van der Waals surface area (Å²) in [4.78, 5) is 25.2. The number of halogens is 4. The van der Waals surface area contributed by atoms with Crippen LogP contribution in [0.5, 0.6) is 0 Å². The summed E-state index contributed by atoms with van der Waals surface area (Å²) < 4.78 is 57.5. The zero-order chi connectivity index (χ0) is 20.8. The average Bonchev–Trinajstić information content (AvgIpc) is 3.17. The zero-order valence-corrected chi connectivity index (χ0v) is 16.1. The van der Waals surface area contributed by atoms with E-state index in [-0.39, 0.29) is 11.2 Å². The zero-order valence-electron chi connectivity index (χ0n) is 14.4. The fourth-order valence-electron chi connectivity index (χ4n) is 2.44. The Hall–Kier alpha value is -2.40. The minimum Gasteiger partial charge on any atom is -0.468 e. The molecule has 148 valence electrons. The van der Waals surface area contributed by atoms with Crippen LogP contribution in [0.4, 0.5) is 17.6 Å². The Morgan fingerprint density at radius 2 is 2.00 bits per heavy atom. The minimum atomic E-state index is -4.68. The molecule has 2 aliphatic carbocycles. The second-order valence-corrected chi connectivity index (χ2v) is 7.57. The van der Waals surface area contributed by atoms with Crippen LogP contribution >= 0.6 is 24.0 Å². The lowest BCUT2D eigenvalue weighted by molar-refractivity contribution is -0.139. The molecule has 0 bridgehead atoms. The van der Waals surface area contributed by atoms with Crippen LogP contribution in [0, 0.1) is 5.82 Å². The molecule has 0 aliphatic heterocycles. The third-order valence-corrected chi connectivity index (χ3v) is 4.91. The van der Waals surface area contributed by atoms with Crippen LogP contribution in [-0.4, -0.2) is 27.9 Å². The molecule has 0 saturated heterocycles. The SMILES string of the molecule is COC(=O)C(C)S.O=c1sc2cc3cc-3c2n1-c1ncc(C(F)(F)F)cc1F. The largest absolute Gasteiger partial charge is 0.468 e. The number of alkyl halides is 3. The average molecular weight is 432 g/mol. The summed E-state index contributed by atoms with van der Waals surface area (Å²) in [6, 6.07) is 3.95. The molecule has 0 radical (unpaired) electrons. The van der Waals surface area contributed by atoms with Gasteiger partial charge in [0.05, 0.1) is 28.1 Å². The number of benzene rings is 1. The number of aromatic nitrogens is 2. The maximum atomic E-state index is 14.0. The first-order chi connectivity index (χ1) is 13.0. The van der Waals surface area contributed by atoms with Gasteiger partial charge in [-0.2, -0.15) is 25.8 Å². The number of hydrogen-bond donors (Lipinski definition) is 1. The molecule has 0 aromatic carbocycles. The predicted octanol–water partition coefficient (Wildman–Crippen LogP) is 4.06. The van der Waals surface area contributed by atoms with Gasteiger partial charge in [0, 0.05) is 11.8 Å². The van der Waals surface area contributed by atoms with Gasteiger partial charge < -0.3 is 4.74 Å². The Balaban J connectivity index is 0.000000279. The molecule has 0 N–H and O–H groups in total. The van der Waals surface area contributed by atoms with Gasteiger partial charge in [0.15, 0.2) is 11.6 Å². The molecule has 2 aromatic rings. The number of carbonyl (C=O) groups is 1. The van der Waals surface area contributed by atoms with E-state index >= 15 is 0 Å². The molecule has 0 saturated carbocycles. The van der Waals surface area contributed by atoms with E-state index in [0.29, 0.717) is 22.5 Å². The number of hydrogen-bond acceptors (Lipinski definition) is 6. The summed E-state index contributed by atoms with van der Waals surface area (Å²) >= 11 is 4.71.